The lowest BCUT2D eigenvalue weighted by Crippen LogP contribution is -2.44. The molecule has 1 N–H and O–H groups in total. The molecule has 1 aliphatic carbocycles. The highest BCUT2D eigenvalue weighted by Gasteiger charge is 2.44. The van der Waals surface area contributed by atoms with Crippen LogP contribution in [0.2, 0.25) is 0 Å². The van der Waals surface area contributed by atoms with Crippen molar-refractivity contribution in [2.75, 3.05) is 11.5 Å². The van der Waals surface area contributed by atoms with Gasteiger partial charge in [-0.3, -0.25) is 0 Å². The molecule has 0 amide bonds. The first-order valence-corrected chi connectivity index (χ1v) is 7.85. The average Bonchev–Trinajstić information content (AvgIpc) is 2.35. The molecule has 1 nitrogen and oxygen atoms in total. The number of aromatic hydroxyl groups is 1. The molecule has 0 saturated carbocycles. The third-order valence-electron chi connectivity index (χ3n) is 4.41. The molecule has 1 fully saturated rings. The van der Waals surface area contributed by atoms with Gasteiger partial charge in [-0.05, 0) is 47.7 Å². The predicted molar refractivity (Wildman–Crippen MR) is 81.0 cm³/mol. The summed E-state index contributed by atoms with van der Waals surface area (Å²) in [7, 11) is 0. The van der Waals surface area contributed by atoms with Gasteiger partial charge in [-0.25, -0.2) is 0 Å². The van der Waals surface area contributed by atoms with E-state index in [-0.39, 0.29) is 5.41 Å². The fourth-order valence-corrected chi connectivity index (χ4v) is 4.62. The largest absolute Gasteiger partial charge is 0.508 e. The van der Waals surface area contributed by atoms with Crippen LogP contribution in [0.25, 0.3) is 11.1 Å². The van der Waals surface area contributed by atoms with E-state index in [9.17, 15) is 5.11 Å². The van der Waals surface area contributed by atoms with Crippen LogP contribution >= 0.6 is 11.8 Å². The van der Waals surface area contributed by atoms with E-state index in [1.807, 2.05) is 23.9 Å². The second-order valence-corrected chi connectivity index (χ2v) is 6.83. The molecular formula is C17H16OS. The number of hydrogen-bond acceptors (Lipinski definition) is 2. The SMILES string of the molecule is Cc1ccc2c(c1)CC1(CSC1)c1cc(O)ccc1-2. The number of hydrogen-bond donors (Lipinski definition) is 1. The molecule has 0 aromatic heterocycles. The van der Waals surface area contributed by atoms with Gasteiger partial charge in [0.05, 0.1) is 0 Å². The number of aryl methyl sites for hydroxylation is 1. The third kappa shape index (κ3) is 1.56. The third-order valence-corrected chi connectivity index (χ3v) is 5.92. The lowest BCUT2D eigenvalue weighted by molar-refractivity contribution is 0.465. The Kier molecular flexibility index (Phi) is 2.28. The Labute approximate surface area is 117 Å². The lowest BCUT2D eigenvalue weighted by Gasteiger charge is -2.46. The average molecular weight is 268 g/mol. The maximum Gasteiger partial charge on any atom is 0.115 e. The van der Waals surface area contributed by atoms with Crippen LogP contribution in [0.3, 0.4) is 0 Å². The van der Waals surface area contributed by atoms with Crippen molar-refractivity contribution >= 4 is 11.8 Å². The maximum absolute atomic E-state index is 9.83. The summed E-state index contributed by atoms with van der Waals surface area (Å²) in [6, 6.07) is 12.6. The minimum Gasteiger partial charge on any atom is -0.508 e. The Hall–Kier alpha value is -1.41. The Morgan fingerprint density at radius 2 is 1.84 bits per heavy atom. The van der Waals surface area contributed by atoms with E-state index in [1.54, 1.807) is 0 Å². The smallest absolute Gasteiger partial charge is 0.115 e. The summed E-state index contributed by atoms with van der Waals surface area (Å²) < 4.78 is 0. The molecule has 1 aliphatic heterocycles. The van der Waals surface area contributed by atoms with Gasteiger partial charge in [-0.1, -0.05) is 29.8 Å². The molecule has 1 heterocycles. The molecule has 2 aliphatic rings. The zero-order valence-corrected chi connectivity index (χ0v) is 11.8. The van der Waals surface area contributed by atoms with Crippen LogP contribution in [0.1, 0.15) is 16.7 Å². The monoisotopic (exact) mass is 268 g/mol. The summed E-state index contributed by atoms with van der Waals surface area (Å²) >= 11 is 2.01. The van der Waals surface area contributed by atoms with Gasteiger partial charge >= 0.3 is 0 Å². The molecule has 19 heavy (non-hydrogen) atoms. The van der Waals surface area contributed by atoms with Gasteiger partial charge in [0, 0.05) is 16.9 Å². The number of phenols is 1. The number of rotatable bonds is 0. The van der Waals surface area contributed by atoms with Crippen molar-refractivity contribution in [1.82, 2.24) is 0 Å². The molecule has 0 atom stereocenters. The minimum atomic E-state index is 0.263. The van der Waals surface area contributed by atoms with Crippen molar-refractivity contribution in [1.29, 1.82) is 0 Å². The summed E-state index contributed by atoms with van der Waals surface area (Å²) in [5, 5.41) is 9.83. The molecule has 0 unspecified atom stereocenters. The Morgan fingerprint density at radius 1 is 1.05 bits per heavy atom. The van der Waals surface area contributed by atoms with Gasteiger partial charge in [0.25, 0.3) is 0 Å². The highest BCUT2D eigenvalue weighted by atomic mass is 32.2. The van der Waals surface area contributed by atoms with Crippen LogP contribution in [-0.2, 0) is 11.8 Å². The molecule has 0 radical (unpaired) electrons. The quantitative estimate of drug-likeness (QED) is 0.781. The van der Waals surface area contributed by atoms with Crippen molar-refractivity contribution in [3.63, 3.8) is 0 Å². The molecule has 2 aromatic rings. The van der Waals surface area contributed by atoms with E-state index in [0.29, 0.717) is 5.75 Å². The highest BCUT2D eigenvalue weighted by Crippen LogP contribution is 2.52. The molecule has 0 bridgehead atoms. The van der Waals surface area contributed by atoms with Crippen molar-refractivity contribution in [2.45, 2.75) is 18.8 Å². The van der Waals surface area contributed by atoms with Gasteiger partial charge in [0.2, 0.25) is 0 Å². The second-order valence-electron chi connectivity index (χ2n) is 5.84. The van der Waals surface area contributed by atoms with Crippen LogP contribution in [-0.4, -0.2) is 16.6 Å². The predicted octanol–water partition coefficient (Wildman–Crippen LogP) is 3.91. The van der Waals surface area contributed by atoms with E-state index in [2.05, 4.69) is 31.2 Å². The van der Waals surface area contributed by atoms with E-state index in [0.717, 1.165) is 6.42 Å². The molecule has 2 heteroatoms. The van der Waals surface area contributed by atoms with Crippen molar-refractivity contribution in [2.24, 2.45) is 0 Å². The van der Waals surface area contributed by atoms with Gasteiger partial charge < -0.3 is 5.11 Å². The molecule has 1 spiro atoms. The zero-order valence-electron chi connectivity index (χ0n) is 10.9. The summed E-state index contributed by atoms with van der Waals surface area (Å²) in [6.45, 7) is 2.16. The van der Waals surface area contributed by atoms with Crippen molar-refractivity contribution in [3.05, 3.63) is 53.1 Å². The zero-order chi connectivity index (χ0) is 13.0. The van der Waals surface area contributed by atoms with Gasteiger partial charge in [0.1, 0.15) is 5.75 Å². The summed E-state index contributed by atoms with van der Waals surface area (Å²) in [4.78, 5) is 0. The summed E-state index contributed by atoms with van der Waals surface area (Å²) in [5.41, 5.74) is 7.09. The number of phenolic OH excluding ortho intramolecular Hbond substituents is 1. The number of thioether (sulfide) groups is 1. The number of fused-ring (bicyclic) bond motifs is 4. The minimum absolute atomic E-state index is 0.263. The van der Waals surface area contributed by atoms with Gasteiger partial charge in [-0.15, -0.1) is 0 Å². The van der Waals surface area contributed by atoms with Gasteiger partial charge in [0.15, 0.2) is 0 Å². The fraction of sp³-hybridized carbons (Fsp3) is 0.294. The molecular weight excluding hydrogens is 252 g/mol. The van der Waals surface area contributed by atoms with Crippen LogP contribution in [0, 0.1) is 6.92 Å². The maximum atomic E-state index is 9.83. The van der Waals surface area contributed by atoms with Crippen LogP contribution in [0.4, 0.5) is 0 Å². The Balaban J connectivity index is 2.00. The van der Waals surface area contributed by atoms with Crippen molar-refractivity contribution in [3.8, 4) is 16.9 Å². The summed E-state index contributed by atoms with van der Waals surface area (Å²) in [6.07, 6.45) is 1.12. The van der Waals surface area contributed by atoms with E-state index >= 15 is 0 Å². The molecule has 2 aromatic carbocycles. The fourth-order valence-electron chi connectivity index (χ4n) is 3.40. The normalized spacial score (nSPS) is 18.6. The lowest BCUT2D eigenvalue weighted by atomic mass is 9.69. The molecule has 1 saturated heterocycles. The van der Waals surface area contributed by atoms with E-state index in [1.165, 1.54) is 39.3 Å². The van der Waals surface area contributed by atoms with Crippen LogP contribution < -0.4 is 0 Å². The molecule has 96 valence electrons. The first-order valence-electron chi connectivity index (χ1n) is 6.69. The number of benzene rings is 2. The topological polar surface area (TPSA) is 20.2 Å². The van der Waals surface area contributed by atoms with Gasteiger partial charge in [-0.2, -0.15) is 11.8 Å². The Morgan fingerprint density at radius 3 is 2.58 bits per heavy atom. The van der Waals surface area contributed by atoms with Crippen molar-refractivity contribution < 1.29 is 5.11 Å². The summed E-state index contributed by atoms with van der Waals surface area (Å²) in [5.74, 6) is 2.75. The highest BCUT2D eigenvalue weighted by molar-refractivity contribution is 8.00. The van der Waals surface area contributed by atoms with E-state index in [4.69, 9.17) is 0 Å². The second kappa shape index (κ2) is 3.80. The standard InChI is InChI=1S/C17H16OS/c1-11-2-4-14-12(6-11)8-17(9-19-10-17)16-7-13(18)3-5-15(14)16/h2-7,18H,8-10H2,1H3. The van der Waals surface area contributed by atoms with E-state index < -0.39 is 0 Å². The Bertz CT molecular complexity index is 671. The van der Waals surface area contributed by atoms with Crippen LogP contribution in [0.15, 0.2) is 36.4 Å². The molecule has 4 rings (SSSR count). The first kappa shape index (κ1) is 11.4. The first-order chi connectivity index (χ1) is 9.18. The van der Waals surface area contributed by atoms with Crippen LogP contribution in [0.5, 0.6) is 5.75 Å².